The van der Waals surface area contributed by atoms with Crippen molar-refractivity contribution in [2.45, 2.75) is 6.92 Å². The maximum atomic E-state index is 10.6. The molecule has 72 valence electrons. The molecule has 0 heterocycles. The summed E-state index contributed by atoms with van der Waals surface area (Å²) in [4.78, 5) is 21.1. The smallest absolute Gasteiger partial charge is 0.452 e. The van der Waals surface area contributed by atoms with E-state index in [2.05, 4.69) is 19.7 Å². The van der Waals surface area contributed by atoms with Gasteiger partial charge >= 0.3 is 12.1 Å². The number of nitrogens with zero attached hydrogens (tertiary/aromatic N) is 2. The summed E-state index contributed by atoms with van der Waals surface area (Å²) in [6.07, 6.45) is 0.282. The number of hydrogen-bond donors (Lipinski definition) is 0. The van der Waals surface area contributed by atoms with Gasteiger partial charge in [0.2, 0.25) is 0 Å². The predicted molar refractivity (Wildman–Crippen MR) is 43.0 cm³/mol. The molecule has 0 aromatic rings. The zero-order chi connectivity index (χ0) is 10.3. The monoisotopic (exact) mass is 186 g/mol. The molecule has 13 heavy (non-hydrogen) atoms. The summed E-state index contributed by atoms with van der Waals surface area (Å²) < 4.78 is 8.51. The molecule has 0 saturated heterocycles. The zero-order valence-corrected chi connectivity index (χ0v) is 7.60. The molecule has 0 radical (unpaired) electrons. The minimum Gasteiger partial charge on any atom is -0.466 e. The molecule has 1 amide bonds. The topological polar surface area (TPSA) is 77.3 Å². The molecule has 0 aliphatic carbocycles. The van der Waals surface area contributed by atoms with Gasteiger partial charge in [-0.2, -0.15) is 0 Å². The lowest BCUT2D eigenvalue weighted by Crippen LogP contribution is -1.95. The van der Waals surface area contributed by atoms with Crippen molar-refractivity contribution in [3.8, 4) is 0 Å². The lowest BCUT2D eigenvalue weighted by molar-refractivity contribution is -0.134. The van der Waals surface area contributed by atoms with E-state index in [0.717, 1.165) is 6.08 Å². The van der Waals surface area contributed by atoms with Gasteiger partial charge in [-0.3, -0.25) is 0 Å². The second kappa shape index (κ2) is 5.87. The van der Waals surface area contributed by atoms with Crippen molar-refractivity contribution >= 4 is 12.1 Å². The largest absolute Gasteiger partial charge is 0.466 e. The highest BCUT2D eigenvalue weighted by atomic mass is 16.5. The molecule has 0 fully saturated rings. The number of ether oxygens (including phenoxy) is 2. The first kappa shape index (κ1) is 11.3. The summed E-state index contributed by atoms with van der Waals surface area (Å²) >= 11 is 0. The van der Waals surface area contributed by atoms with E-state index in [1.54, 1.807) is 0 Å². The van der Waals surface area contributed by atoms with Crippen LogP contribution >= 0.6 is 0 Å². The van der Waals surface area contributed by atoms with Crippen LogP contribution in [0.3, 0.4) is 0 Å². The van der Waals surface area contributed by atoms with Gasteiger partial charge in [0.15, 0.2) is 0 Å². The second-order valence-corrected chi connectivity index (χ2v) is 1.98. The number of hydrogen-bond acceptors (Lipinski definition) is 5. The van der Waals surface area contributed by atoms with E-state index in [-0.39, 0.29) is 5.70 Å². The van der Waals surface area contributed by atoms with Crippen LogP contribution < -0.4 is 0 Å². The Bertz CT molecular complexity index is 257. The highest BCUT2D eigenvalue weighted by Crippen LogP contribution is 1.97. The number of carbonyl (C=O) groups is 2. The Morgan fingerprint density at radius 2 is 1.77 bits per heavy atom. The van der Waals surface area contributed by atoms with E-state index in [1.165, 1.54) is 21.1 Å². The van der Waals surface area contributed by atoms with Crippen LogP contribution in [0.15, 0.2) is 22.0 Å². The number of amides is 1. The van der Waals surface area contributed by atoms with Crippen LogP contribution in [0.5, 0.6) is 0 Å². The number of methoxy groups -OCH3 is 2. The van der Waals surface area contributed by atoms with E-state index in [1.807, 2.05) is 0 Å². The first-order chi connectivity index (χ1) is 6.10. The Kier molecular flexibility index (Phi) is 5.09. The van der Waals surface area contributed by atoms with E-state index in [0.29, 0.717) is 0 Å². The molecule has 0 aliphatic heterocycles. The van der Waals surface area contributed by atoms with Crippen molar-refractivity contribution in [3.05, 3.63) is 11.8 Å². The second-order valence-electron chi connectivity index (χ2n) is 1.98. The third-order valence-corrected chi connectivity index (χ3v) is 0.992. The molecule has 0 unspecified atom stereocenters. The number of allylic oxidation sites excluding steroid dienone is 1. The first-order valence-corrected chi connectivity index (χ1v) is 3.36. The van der Waals surface area contributed by atoms with Gasteiger partial charge in [0, 0.05) is 6.08 Å². The lowest BCUT2D eigenvalue weighted by atomic mass is 10.4. The lowest BCUT2D eigenvalue weighted by Gasteiger charge is -1.91. The summed E-state index contributed by atoms with van der Waals surface area (Å²) in [6.45, 7) is 1.50. The molecule has 0 N–H and O–H groups in total. The summed E-state index contributed by atoms with van der Waals surface area (Å²) in [6, 6.07) is 0. The van der Waals surface area contributed by atoms with Crippen molar-refractivity contribution in [2.24, 2.45) is 10.2 Å². The van der Waals surface area contributed by atoms with E-state index in [4.69, 9.17) is 0 Å². The summed E-state index contributed by atoms with van der Waals surface area (Å²) in [5.41, 5.74) is 0.261. The van der Waals surface area contributed by atoms with E-state index < -0.39 is 12.1 Å². The van der Waals surface area contributed by atoms with E-state index in [9.17, 15) is 9.59 Å². The molecule has 6 nitrogen and oxygen atoms in total. The summed E-state index contributed by atoms with van der Waals surface area (Å²) in [5, 5.41) is 6.51. The van der Waals surface area contributed by atoms with Gasteiger partial charge in [-0.05, 0) is 6.92 Å². The molecule has 0 aliphatic rings. The van der Waals surface area contributed by atoms with Crippen LogP contribution in [0.25, 0.3) is 0 Å². The van der Waals surface area contributed by atoms with Crippen LogP contribution in [0.1, 0.15) is 6.92 Å². The normalized spacial score (nSPS) is 11.5. The van der Waals surface area contributed by atoms with Gasteiger partial charge < -0.3 is 9.47 Å². The Morgan fingerprint density at radius 1 is 1.15 bits per heavy atom. The average molecular weight is 186 g/mol. The summed E-state index contributed by atoms with van der Waals surface area (Å²) in [7, 11) is 2.42. The fraction of sp³-hybridized carbons (Fsp3) is 0.429. The van der Waals surface area contributed by atoms with Gasteiger partial charge in [-0.1, -0.05) is 5.11 Å². The Balaban J connectivity index is 4.21. The SMILES string of the molecule is COC(=O)/C=C(\C)N=NC(=O)OC. The minimum absolute atomic E-state index is 0.261. The highest BCUT2D eigenvalue weighted by molar-refractivity contribution is 5.82. The minimum atomic E-state index is -0.822. The zero-order valence-electron chi connectivity index (χ0n) is 7.60. The van der Waals surface area contributed by atoms with Crippen LogP contribution in [0, 0.1) is 0 Å². The maximum Gasteiger partial charge on any atom is 0.452 e. The molecule has 6 heteroatoms. The van der Waals surface area contributed by atoms with Gasteiger partial charge in [0.25, 0.3) is 0 Å². The quantitative estimate of drug-likeness (QED) is 0.369. The average Bonchev–Trinajstić information content (AvgIpc) is 2.13. The molecular weight excluding hydrogens is 176 g/mol. The molecule has 0 spiro atoms. The van der Waals surface area contributed by atoms with Crippen LogP contribution in [-0.2, 0) is 14.3 Å². The van der Waals surface area contributed by atoms with Crippen LogP contribution in [-0.4, -0.2) is 26.3 Å². The third kappa shape index (κ3) is 5.54. The van der Waals surface area contributed by atoms with Gasteiger partial charge in [-0.25, -0.2) is 9.59 Å². The van der Waals surface area contributed by atoms with Crippen molar-refractivity contribution in [1.82, 2.24) is 0 Å². The molecule has 0 aromatic carbocycles. The highest BCUT2D eigenvalue weighted by Gasteiger charge is 1.97. The predicted octanol–water partition coefficient (Wildman–Crippen LogP) is 1.28. The molecule has 0 bridgehead atoms. The molecule has 0 saturated carbocycles. The molecule has 0 rings (SSSR count). The first-order valence-electron chi connectivity index (χ1n) is 3.36. The fourth-order valence-electron chi connectivity index (χ4n) is 0.419. The van der Waals surface area contributed by atoms with Crippen molar-refractivity contribution in [3.63, 3.8) is 0 Å². The Labute approximate surface area is 75.2 Å². The summed E-state index contributed by atoms with van der Waals surface area (Å²) in [5.74, 6) is -0.554. The number of azo groups is 1. The molecular formula is C7H10N2O4. The van der Waals surface area contributed by atoms with Gasteiger partial charge in [0.1, 0.15) is 0 Å². The maximum absolute atomic E-state index is 10.6. The van der Waals surface area contributed by atoms with Gasteiger partial charge in [0.05, 0.1) is 19.9 Å². The third-order valence-electron chi connectivity index (χ3n) is 0.992. The van der Waals surface area contributed by atoms with Crippen molar-refractivity contribution < 1.29 is 19.1 Å². The standard InChI is InChI=1S/C7H10N2O4/c1-5(4-6(10)12-2)8-9-7(11)13-3/h4H,1-3H3/b5-4+,9-8?. The number of carbonyl (C=O) groups excluding carboxylic acids is 2. The van der Waals surface area contributed by atoms with Gasteiger partial charge in [-0.15, -0.1) is 5.11 Å². The van der Waals surface area contributed by atoms with Crippen LogP contribution in [0.4, 0.5) is 4.79 Å². The number of rotatable bonds is 2. The fourth-order valence-corrected chi connectivity index (χ4v) is 0.419. The van der Waals surface area contributed by atoms with Crippen molar-refractivity contribution in [1.29, 1.82) is 0 Å². The number of esters is 1. The van der Waals surface area contributed by atoms with Crippen molar-refractivity contribution in [2.75, 3.05) is 14.2 Å². The molecule has 0 atom stereocenters. The van der Waals surface area contributed by atoms with E-state index >= 15 is 0 Å². The van der Waals surface area contributed by atoms with Crippen LogP contribution in [0.2, 0.25) is 0 Å². The Morgan fingerprint density at radius 3 is 2.23 bits per heavy atom. The molecule has 0 aromatic heterocycles. The Hall–Kier alpha value is -1.72.